The van der Waals surface area contributed by atoms with Crippen molar-refractivity contribution >= 4 is 16.9 Å². The number of rotatable bonds is 9. The van der Waals surface area contributed by atoms with Gasteiger partial charge in [0.1, 0.15) is 0 Å². The van der Waals surface area contributed by atoms with Crippen molar-refractivity contribution in [2.75, 3.05) is 39.5 Å². The van der Waals surface area contributed by atoms with Gasteiger partial charge < -0.3 is 25.1 Å². The second-order valence-electron chi connectivity index (χ2n) is 7.28. The van der Waals surface area contributed by atoms with Gasteiger partial charge in [0, 0.05) is 56.6 Å². The summed E-state index contributed by atoms with van der Waals surface area (Å²) in [6.07, 6.45) is 6.42. The largest absolute Gasteiger partial charge is 0.381 e. The van der Waals surface area contributed by atoms with Crippen LogP contribution in [0, 0.1) is 6.92 Å². The number of benzene rings is 1. The van der Waals surface area contributed by atoms with E-state index < -0.39 is 0 Å². The van der Waals surface area contributed by atoms with E-state index in [9.17, 15) is 0 Å². The maximum atomic E-state index is 5.91. The molecule has 0 aliphatic carbocycles. The zero-order valence-electron chi connectivity index (χ0n) is 17.2. The first kappa shape index (κ1) is 20.7. The molecule has 1 aliphatic heterocycles. The van der Waals surface area contributed by atoms with Crippen LogP contribution in [0.15, 0.2) is 29.4 Å². The van der Waals surface area contributed by atoms with Crippen LogP contribution in [0.1, 0.15) is 37.3 Å². The van der Waals surface area contributed by atoms with Crippen LogP contribution in [0.5, 0.6) is 0 Å². The molecule has 154 valence electrons. The quantitative estimate of drug-likeness (QED) is 0.352. The van der Waals surface area contributed by atoms with Gasteiger partial charge in [0.15, 0.2) is 5.96 Å². The standard InChI is InChI=1S/C22H34N4O2/c1-3-23-22(24-11-5-13-28-19-9-14-27-15-10-19)25-12-8-18-16-26-21-17(2)6-4-7-20(18)21/h4,6-7,16,19,26H,3,5,8-15H2,1-2H3,(H2,23,24,25). The van der Waals surface area contributed by atoms with Gasteiger partial charge in [-0.05, 0) is 50.7 Å². The van der Waals surface area contributed by atoms with Crippen LogP contribution in [0.4, 0.5) is 0 Å². The normalized spacial score (nSPS) is 15.9. The first-order valence-electron chi connectivity index (χ1n) is 10.5. The molecule has 1 aliphatic rings. The molecule has 1 aromatic carbocycles. The van der Waals surface area contributed by atoms with Gasteiger partial charge in [0.2, 0.25) is 0 Å². The van der Waals surface area contributed by atoms with Gasteiger partial charge in [0.25, 0.3) is 0 Å². The zero-order chi connectivity index (χ0) is 19.6. The highest BCUT2D eigenvalue weighted by molar-refractivity contribution is 5.86. The van der Waals surface area contributed by atoms with Gasteiger partial charge in [-0.3, -0.25) is 4.99 Å². The van der Waals surface area contributed by atoms with Crippen LogP contribution < -0.4 is 10.6 Å². The van der Waals surface area contributed by atoms with Gasteiger partial charge in [0.05, 0.1) is 6.10 Å². The Kier molecular flexibility index (Phi) is 8.18. The Morgan fingerprint density at radius 3 is 2.96 bits per heavy atom. The average molecular weight is 387 g/mol. The van der Waals surface area contributed by atoms with Crippen molar-refractivity contribution in [2.45, 2.75) is 45.6 Å². The van der Waals surface area contributed by atoms with Crippen molar-refractivity contribution in [2.24, 2.45) is 4.99 Å². The second-order valence-corrected chi connectivity index (χ2v) is 7.28. The summed E-state index contributed by atoms with van der Waals surface area (Å²) < 4.78 is 11.3. The molecule has 2 heterocycles. The smallest absolute Gasteiger partial charge is 0.191 e. The van der Waals surface area contributed by atoms with Gasteiger partial charge in [-0.1, -0.05) is 18.2 Å². The first-order valence-corrected chi connectivity index (χ1v) is 10.5. The molecule has 0 spiro atoms. The minimum atomic E-state index is 0.365. The fourth-order valence-corrected chi connectivity index (χ4v) is 3.58. The van der Waals surface area contributed by atoms with Crippen LogP contribution in [0.2, 0.25) is 0 Å². The van der Waals surface area contributed by atoms with E-state index >= 15 is 0 Å². The molecule has 3 rings (SSSR count). The van der Waals surface area contributed by atoms with Crippen molar-refractivity contribution < 1.29 is 9.47 Å². The molecule has 6 heteroatoms. The third-order valence-electron chi connectivity index (χ3n) is 5.13. The number of nitrogens with zero attached hydrogens (tertiary/aromatic N) is 1. The monoisotopic (exact) mass is 386 g/mol. The molecule has 2 aromatic rings. The van der Waals surface area contributed by atoms with E-state index in [2.05, 4.69) is 58.9 Å². The zero-order valence-corrected chi connectivity index (χ0v) is 17.2. The lowest BCUT2D eigenvalue weighted by Crippen LogP contribution is -2.38. The van der Waals surface area contributed by atoms with Gasteiger partial charge >= 0.3 is 0 Å². The lowest BCUT2D eigenvalue weighted by Gasteiger charge is -2.22. The predicted molar refractivity (Wildman–Crippen MR) is 115 cm³/mol. The highest BCUT2D eigenvalue weighted by atomic mass is 16.5. The molecule has 0 saturated carbocycles. The molecule has 6 nitrogen and oxygen atoms in total. The summed E-state index contributed by atoms with van der Waals surface area (Å²) in [6.45, 7) is 9.13. The number of aryl methyl sites for hydroxylation is 1. The van der Waals surface area contributed by atoms with Crippen LogP contribution >= 0.6 is 0 Å². The Labute approximate surface area is 168 Å². The fraction of sp³-hybridized carbons (Fsp3) is 0.591. The summed E-state index contributed by atoms with van der Waals surface area (Å²) in [5.74, 6) is 0.879. The summed E-state index contributed by atoms with van der Waals surface area (Å²) in [4.78, 5) is 8.07. The summed E-state index contributed by atoms with van der Waals surface area (Å²) in [5.41, 5.74) is 3.86. The molecule has 1 saturated heterocycles. The number of aromatic nitrogens is 1. The van der Waals surface area contributed by atoms with Gasteiger partial charge in [-0.25, -0.2) is 0 Å². The topological polar surface area (TPSA) is 70.7 Å². The minimum Gasteiger partial charge on any atom is -0.381 e. The number of aromatic amines is 1. The van der Waals surface area contributed by atoms with Crippen LogP contribution in [-0.4, -0.2) is 56.5 Å². The molecule has 0 atom stereocenters. The van der Waals surface area contributed by atoms with Crippen molar-refractivity contribution in [3.63, 3.8) is 0 Å². The number of hydrogen-bond acceptors (Lipinski definition) is 3. The Hall–Kier alpha value is -2.05. The Balaban J connectivity index is 1.40. The van der Waals surface area contributed by atoms with E-state index in [1.165, 1.54) is 22.0 Å². The number of fused-ring (bicyclic) bond motifs is 1. The number of guanidine groups is 1. The SMILES string of the molecule is CCNC(=NCCCOC1CCOCC1)NCCc1c[nH]c2c(C)cccc12. The van der Waals surface area contributed by atoms with Gasteiger partial charge in [-0.15, -0.1) is 0 Å². The summed E-state index contributed by atoms with van der Waals surface area (Å²) >= 11 is 0. The van der Waals surface area contributed by atoms with Crippen molar-refractivity contribution in [1.29, 1.82) is 0 Å². The molecule has 0 amide bonds. The third kappa shape index (κ3) is 5.97. The van der Waals surface area contributed by atoms with Crippen LogP contribution in [0.3, 0.4) is 0 Å². The summed E-state index contributed by atoms with van der Waals surface area (Å²) in [7, 11) is 0. The molecule has 0 bridgehead atoms. The van der Waals surface area contributed by atoms with E-state index in [1.54, 1.807) is 0 Å². The molecule has 1 fully saturated rings. The first-order chi connectivity index (χ1) is 13.8. The fourth-order valence-electron chi connectivity index (χ4n) is 3.58. The second kappa shape index (κ2) is 11.1. The molecule has 0 radical (unpaired) electrons. The Morgan fingerprint density at radius 1 is 1.29 bits per heavy atom. The predicted octanol–water partition coefficient (Wildman–Crippen LogP) is 3.16. The molecular formula is C22H34N4O2. The molecular weight excluding hydrogens is 352 g/mol. The number of nitrogens with one attached hydrogen (secondary N) is 3. The Bertz CT molecular complexity index is 750. The highest BCUT2D eigenvalue weighted by Crippen LogP contribution is 2.21. The lowest BCUT2D eigenvalue weighted by atomic mass is 10.1. The van der Waals surface area contributed by atoms with E-state index in [0.717, 1.165) is 71.1 Å². The van der Waals surface area contributed by atoms with Gasteiger partial charge in [-0.2, -0.15) is 0 Å². The van der Waals surface area contributed by atoms with Crippen LogP contribution in [0.25, 0.3) is 10.9 Å². The number of hydrogen-bond donors (Lipinski definition) is 3. The summed E-state index contributed by atoms with van der Waals surface area (Å²) in [6, 6.07) is 6.45. The number of ether oxygens (including phenoxy) is 2. The average Bonchev–Trinajstić information content (AvgIpc) is 3.13. The number of para-hydroxylation sites is 1. The number of aliphatic imine (C=N–C) groups is 1. The van der Waals surface area contributed by atoms with E-state index in [4.69, 9.17) is 9.47 Å². The molecule has 0 unspecified atom stereocenters. The van der Waals surface area contributed by atoms with Crippen molar-refractivity contribution in [3.05, 3.63) is 35.5 Å². The highest BCUT2D eigenvalue weighted by Gasteiger charge is 2.13. The number of H-pyrrole nitrogens is 1. The molecule has 3 N–H and O–H groups in total. The summed E-state index contributed by atoms with van der Waals surface area (Å²) in [5, 5.41) is 8.08. The van der Waals surface area contributed by atoms with E-state index in [-0.39, 0.29) is 0 Å². The molecule has 28 heavy (non-hydrogen) atoms. The van der Waals surface area contributed by atoms with E-state index in [0.29, 0.717) is 6.10 Å². The molecule has 1 aromatic heterocycles. The third-order valence-corrected chi connectivity index (χ3v) is 5.13. The van der Waals surface area contributed by atoms with Crippen molar-refractivity contribution in [3.8, 4) is 0 Å². The maximum Gasteiger partial charge on any atom is 0.191 e. The maximum absolute atomic E-state index is 5.91. The Morgan fingerprint density at radius 2 is 2.14 bits per heavy atom. The minimum absolute atomic E-state index is 0.365. The lowest BCUT2D eigenvalue weighted by molar-refractivity contribution is -0.0318. The van der Waals surface area contributed by atoms with E-state index in [1.807, 2.05) is 0 Å². The van der Waals surface area contributed by atoms with Crippen LogP contribution in [-0.2, 0) is 15.9 Å². The van der Waals surface area contributed by atoms with Crippen molar-refractivity contribution in [1.82, 2.24) is 15.6 Å².